The molecule has 0 spiro atoms. The van der Waals surface area contributed by atoms with E-state index >= 15 is 0 Å². The average Bonchev–Trinajstić information content (AvgIpc) is 3.01. The first-order chi connectivity index (χ1) is 7.91. The van der Waals surface area contributed by atoms with Crippen LogP contribution in [0.15, 0.2) is 0 Å². The van der Waals surface area contributed by atoms with Crippen molar-refractivity contribution in [3.63, 3.8) is 0 Å². The lowest BCUT2D eigenvalue weighted by atomic mass is 9.93. The maximum Gasteiger partial charge on any atom is 0.242 e. The SMILES string of the molecule is CN1CCN(CC2(CCN)CC2)C(C)(C)C1=O. The van der Waals surface area contributed by atoms with Crippen LogP contribution < -0.4 is 5.73 Å². The summed E-state index contributed by atoms with van der Waals surface area (Å²) >= 11 is 0. The van der Waals surface area contributed by atoms with Crippen molar-refractivity contribution in [3.05, 3.63) is 0 Å². The first-order valence-electron chi connectivity index (χ1n) is 6.62. The summed E-state index contributed by atoms with van der Waals surface area (Å²) in [6, 6.07) is 0. The quantitative estimate of drug-likeness (QED) is 0.784. The molecule has 1 heterocycles. The third-order valence-corrected chi connectivity index (χ3v) is 4.52. The molecule has 0 aromatic rings. The van der Waals surface area contributed by atoms with Gasteiger partial charge in [0, 0.05) is 26.7 Å². The number of hydrogen-bond donors (Lipinski definition) is 1. The molecule has 2 N–H and O–H groups in total. The fourth-order valence-corrected chi connectivity index (χ4v) is 2.91. The van der Waals surface area contributed by atoms with Crippen molar-refractivity contribution < 1.29 is 4.79 Å². The number of likely N-dealkylation sites (N-methyl/N-ethyl adjacent to an activating group) is 1. The molecule has 1 aliphatic heterocycles. The van der Waals surface area contributed by atoms with Gasteiger partial charge in [-0.3, -0.25) is 9.69 Å². The Hall–Kier alpha value is -0.610. The Morgan fingerprint density at radius 2 is 1.94 bits per heavy atom. The van der Waals surface area contributed by atoms with E-state index in [2.05, 4.69) is 4.90 Å². The van der Waals surface area contributed by atoms with Gasteiger partial charge in [-0.2, -0.15) is 0 Å². The molecule has 0 radical (unpaired) electrons. The zero-order chi connectivity index (χ0) is 12.7. The summed E-state index contributed by atoms with van der Waals surface area (Å²) in [5.41, 5.74) is 5.75. The summed E-state index contributed by atoms with van der Waals surface area (Å²) < 4.78 is 0. The highest BCUT2D eigenvalue weighted by molar-refractivity contribution is 5.86. The highest BCUT2D eigenvalue weighted by atomic mass is 16.2. The zero-order valence-electron chi connectivity index (χ0n) is 11.3. The van der Waals surface area contributed by atoms with Gasteiger partial charge in [0.2, 0.25) is 5.91 Å². The summed E-state index contributed by atoms with van der Waals surface area (Å²) in [6.07, 6.45) is 3.66. The molecule has 0 atom stereocenters. The van der Waals surface area contributed by atoms with E-state index < -0.39 is 0 Å². The minimum atomic E-state index is -0.350. The second kappa shape index (κ2) is 4.25. The van der Waals surface area contributed by atoms with Crippen molar-refractivity contribution in [2.75, 3.05) is 33.2 Å². The molecule has 1 amide bonds. The van der Waals surface area contributed by atoms with Crippen molar-refractivity contribution in [1.82, 2.24) is 9.80 Å². The van der Waals surface area contributed by atoms with E-state index in [4.69, 9.17) is 5.73 Å². The summed E-state index contributed by atoms with van der Waals surface area (Å²) in [7, 11) is 1.90. The van der Waals surface area contributed by atoms with Gasteiger partial charge in [-0.15, -0.1) is 0 Å². The monoisotopic (exact) mass is 239 g/mol. The van der Waals surface area contributed by atoms with Gasteiger partial charge in [0.15, 0.2) is 0 Å². The molecule has 98 valence electrons. The standard InChI is InChI=1S/C13H25N3O/c1-12(2)11(17)15(3)8-9-16(12)10-13(4-5-13)6-7-14/h4-10,14H2,1-3H3. The molecule has 0 unspecified atom stereocenters. The molecular weight excluding hydrogens is 214 g/mol. The Bertz CT molecular complexity index is 310. The number of piperazine rings is 1. The van der Waals surface area contributed by atoms with Crippen molar-refractivity contribution >= 4 is 5.91 Å². The highest BCUT2D eigenvalue weighted by Gasteiger charge is 2.48. The number of hydrogen-bond acceptors (Lipinski definition) is 3. The Morgan fingerprint density at radius 1 is 1.29 bits per heavy atom. The first-order valence-corrected chi connectivity index (χ1v) is 6.62. The largest absolute Gasteiger partial charge is 0.343 e. The van der Waals surface area contributed by atoms with E-state index in [9.17, 15) is 4.79 Å². The zero-order valence-corrected chi connectivity index (χ0v) is 11.3. The van der Waals surface area contributed by atoms with Crippen LogP contribution in [-0.2, 0) is 4.79 Å². The van der Waals surface area contributed by atoms with Gasteiger partial charge < -0.3 is 10.6 Å². The van der Waals surface area contributed by atoms with Crippen LogP contribution in [0.4, 0.5) is 0 Å². The number of carbonyl (C=O) groups is 1. The molecule has 2 aliphatic rings. The highest BCUT2D eigenvalue weighted by Crippen LogP contribution is 2.50. The van der Waals surface area contributed by atoms with Gasteiger partial charge in [0.25, 0.3) is 0 Å². The minimum Gasteiger partial charge on any atom is -0.343 e. The van der Waals surface area contributed by atoms with Gasteiger partial charge in [-0.05, 0) is 45.1 Å². The number of nitrogens with zero attached hydrogens (tertiary/aromatic N) is 2. The molecular formula is C13H25N3O. The minimum absolute atomic E-state index is 0.243. The van der Waals surface area contributed by atoms with E-state index in [1.165, 1.54) is 12.8 Å². The van der Waals surface area contributed by atoms with Crippen molar-refractivity contribution in [1.29, 1.82) is 0 Å². The number of amides is 1. The lowest BCUT2D eigenvalue weighted by molar-refractivity contribution is -0.147. The van der Waals surface area contributed by atoms with E-state index in [1.54, 1.807) is 0 Å². The van der Waals surface area contributed by atoms with Crippen LogP contribution in [0.2, 0.25) is 0 Å². The molecule has 2 rings (SSSR count). The summed E-state index contributed by atoms with van der Waals surface area (Å²) in [4.78, 5) is 16.4. The molecule has 0 aromatic heterocycles. The van der Waals surface area contributed by atoms with Crippen molar-refractivity contribution in [2.24, 2.45) is 11.1 Å². The third kappa shape index (κ3) is 2.33. The number of carbonyl (C=O) groups excluding carboxylic acids is 1. The van der Waals surface area contributed by atoms with E-state index in [0.717, 1.165) is 32.6 Å². The summed E-state index contributed by atoms with van der Waals surface area (Å²) in [5, 5.41) is 0. The fourth-order valence-electron chi connectivity index (χ4n) is 2.91. The molecule has 4 nitrogen and oxygen atoms in total. The maximum atomic E-state index is 12.2. The molecule has 0 bridgehead atoms. The molecule has 0 aromatic carbocycles. The summed E-state index contributed by atoms with van der Waals surface area (Å²) in [5.74, 6) is 0.243. The van der Waals surface area contributed by atoms with Gasteiger partial charge in [0.1, 0.15) is 0 Å². The Labute approximate surface area is 104 Å². The maximum absolute atomic E-state index is 12.2. The van der Waals surface area contributed by atoms with E-state index in [1.807, 2.05) is 25.8 Å². The Kier molecular flexibility index (Phi) is 3.21. The van der Waals surface area contributed by atoms with Gasteiger partial charge in [0.05, 0.1) is 5.54 Å². The van der Waals surface area contributed by atoms with Crippen LogP contribution in [0.1, 0.15) is 33.1 Å². The third-order valence-electron chi connectivity index (χ3n) is 4.52. The van der Waals surface area contributed by atoms with E-state index in [-0.39, 0.29) is 11.4 Å². The number of rotatable bonds is 4. The van der Waals surface area contributed by atoms with Gasteiger partial charge in [-0.1, -0.05) is 0 Å². The molecule has 1 aliphatic carbocycles. The first kappa shape index (κ1) is 12.8. The molecule has 17 heavy (non-hydrogen) atoms. The topological polar surface area (TPSA) is 49.6 Å². The van der Waals surface area contributed by atoms with Crippen LogP contribution in [0.25, 0.3) is 0 Å². The van der Waals surface area contributed by atoms with Crippen molar-refractivity contribution in [2.45, 2.75) is 38.6 Å². The van der Waals surface area contributed by atoms with Crippen LogP contribution >= 0.6 is 0 Å². The van der Waals surface area contributed by atoms with Crippen molar-refractivity contribution in [3.8, 4) is 0 Å². The van der Waals surface area contributed by atoms with Crippen LogP contribution in [-0.4, -0.2) is 54.5 Å². The molecule has 2 fully saturated rings. The summed E-state index contributed by atoms with van der Waals surface area (Å²) in [6.45, 7) is 7.73. The molecule has 4 heteroatoms. The second-order valence-electron chi connectivity index (χ2n) is 6.25. The normalized spacial score (nSPS) is 27.3. The van der Waals surface area contributed by atoms with Crippen LogP contribution in [0, 0.1) is 5.41 Å². The van der Waals surface area contributed by atoms with E-state index in [0.29, 0.717) is 5.41 Å². The number of nitrogens with two attached hydrogens (primary N) is 1. The lowest BCUT2D eigenvalue weighted by Crippen LogP contribution is -2.63. The smallest absolute Gasteiger partial charge is 0.242 e. The molecule has 1 saturated carbocycles. The van der Waals surface area contributed by atoms with Gasteiger partial charge in [-0.25, -0.2) is 0 Å². The molecule has 1 saturated heterocycles. The lowest BCUT2D eigenvalue weighted by Gasteiger charge is -2.46. The Morgan fingerprint density at radius 3 is 2.47 bits per heavy atom. The van der Waals surface area contributed by atoms with Gasteiger partial charge >= 0.3 is 0 Å². The predicted octanol–water partition coefficient (Wildman–Crippen LogP) is 0.668. The average molecular weight is 239 g/mol. The van der Waals surface area contributed by atoms with Crippen LogP contribution in [0.5, 0.6) is 0 Å². The fraction of sp³-hybridized carbons (Fsp3) is 0.923. The second-order valence-corrected chi connectivity index (χ2v) is 6.25. The Balaban J connectivity index is 2.04. The predicted molar refractivity (Wildman–Crippen MR) is 68.6 cm³/mol. The van der Waals surface area contributed by atoms with Crippen LogP contribution in [0.3, 0.4) is 0 Å².